The number of aliphatic carboxylic acids is 1. The zero-order valence-corrected chi connectivity index (χ0v) is 10.6. The molecule has 5 heteroatoms. The first kappa shape index (κ1) is 13.0. The molecule has 0 bridgehead atoms. The summed E-state index contributed by atoms with van der Waals surface area (Å²) in [5, 5.41) is 12.2. The standard InChI is InChI=1S/C13H19N3O2/c1-16(7-4-11-2-5-14-6-3-11)13(8-12(17)18)9-15-10-13/h2-3,5-6,15H,4,7-10H2,1H3,(H,17,18). The van der Waals surface area contributed by atoms with E-state index >= 15 is 0 Å². The Morgan fingerprint density at radius 1 is 1.50 bits per heavy atom. The summed E-state index contributed by atoms with van der Waals surface area (Å²) in [7, 11) is 2.00. The molecule has 1 fully saturated rings. The first-order valence-electron chi connectivity index (χ1n) is 6.15. The maximum absolute atomic E-state index is 10.9. The van der Waals surface area contributed by atoms with E-state index in [1.54, 1.807) is 12.4 Å². The van der Waals surface area contributed by atoms with Crippen LogP contribution in [0.5, 0.6) is 0 Å². The molecule has 1 aliphatic rings. The average Bonchev–Trinajstić information content (AvgIpc) is 2.32. The number of carboxylic acid groups (broad SMARTS) is 1. The Bertz CT molecular complexity index is 404. The second kappa shape index (κ2) is 5.46. The molecule has 0 unspecified atom stereocenters. The molecule has 0 aliphatic carbocycles. The quantitative estimate of drug-likeness (QED) is 0.762. The van der Waals surface area contributed by atoms with Crippen LogP contribution in [-0.4, -0.2) is 53.2 Å². The van der Waals surface area contributed by atoms with E-state index < -0.39 is 5.97 Å². The van der Waals surface area contributed by atoms with Crippen LogP contribution in [0, 0.1) is 0 Å². The molecule has 0 spiro atoms. The van der Waals surface area contributed by atoms with Crippen LogP contribution in [0.15, 0.2) is 24.5 Å². The zero-order valence-electron chi connectivity index (χ0n) is 10.6. The van der Waals surface area contributed by atoms with Gasteiger partial charge in [-0.05, 0) is 31.2 Å². The van der Waals surface area contributed by atoms with Crippen LogP contribution in [0.4, 0.5) is 0 Å². The Balaban J connectivity index is 1.90. The summed E-state index contributed by atoms with van der Waals surface area (Å²) in [5.74, 6) is -0.729. The number of carbonyl (C=O) groups is 1. The van der Waals surface area contributed by atoms with Crippen molar-refractivity contribution < 1.29 is 9.90 Å². The first-order valence-corrected chi connectivity index (χ1v) is 6.15. The van der Waals surface area contributed by atoms with Crippen LogP contribution < -0.4 is 5.32 Å². The monoisotopic (exact) mass is 249 g/mol. The molecule has 0 radical (unpaired) electrons. The van der Waals surface area contributed by atoms with Gasteiger partial charge in [0.1, 0.15) is 0 Å². The normalized spacial score (nSPS) is 17.4. The molecule has 5 nitrogen and oxygen atoms in total. The van der Waals surface area contributed by atoms with E-state index in [0.717, 1.165) is 26.1 Å². The van der Waals surface area contributed by atoms with Crippen molar-refractivity contribution in [2.75, 3.05) is 26.7 Å². The van der Waals surface area contributed by atoms with Gasteiger partial charge in [0.15, 0.2) is 0 Å². The van der Waals surface area contributed by atoms with E-state index in [0.29, 0.717) is 0 Å². The number of carboxylic acids is 1. The van der Waals surface area contributed by atoms with Gasteiger partial charge in [0.05, 0.1) is 12.0 Å². The number of nitrogens with one attached hydrogen (secondary N) is 1. The summed E-state index contributed by atoms with van der Waals surface area (Å²) >= 11 is 0. The van der Waals surface area contributed by atoms with Crippen LogP contribution in [0.1, 0.15) is 12.0 Å². The van der Waals surface area contributed by atoms with Gasteiger partial charge < -0.3 is 10.4 Å². The van der Waals surface area contributed by atoms with Gasteiger partial charge in [-0.25, -0.2) is 0 Å². The molecule has 0 aromatic carbocycles. The summed E-state index contributed by atoms with van der Waals surface area (Å²) in [4.78, 5) is 17.1. The first-order chi connectivity index (χ1) is 8.62. The Hall–Kier alpha value is -1.46. The van der Waals surface area contributed by atoms with E-state index in [1.165, 1.54) is 5.56 Å². The smallest absolute Gasteiger partial charge is 0.305 e. The molecular formula is C13H19N3O2. The summed E-state index contributed by atoms with van der Waals surface area (Å²) < 4.78 is 0. The van der Waals surface area contributed by atoms with Crippen molar-refractivity contribution in [1.29, 1.82) is 0 Å². The lowest BCUT2D eigenvalue weighted by molar-refractivity contribution is -0.141. The van der Waals surface area contributed by atoms with E-state index in [2.05, 4.69) is 15.2 Å². The molecule has 2 heterocycles. The number of rotatable bonds is 6. The maximum atomic E-state index is 10.9. The van der Waals surface area contributed by atoms with Crippen molar-refractivity contribution in [3.8, 4) is 0 Å². The average molecular weight is 249 g/mol. The van der Waals surface area contributed by atoms with Crippen LogP contribution in [0.25, 0.3) is 0 Å². The number of likely N-dealkylation sites (N-methyl/N-ethyl adjacent to an activating group) is 1. The van der Waals surface area contributed by atoms with Crippen molar-refractivity contribution >= 4 is 5.97 Å². The minimum absolute atomic E-state index is 0.201. The maximum Gasteiger partial charge on any atom is 0.305 e. The van der Waals surface area contributed by atoms with Gasteiger partial charge in [-0.3, -0.25) is 14.7 Å². The molecule has 18 heavy (non-hydrogen) atoms. The molecule has 0 atom stereocenters. The van der Waals surface area contributed by atoms with Gasteiger partial charge in [-0.15, -0.1) is 0 Å². The van der Waals surface area contributed by atoms with Gasteiger partial charge >= 0.3 is 5.97 Å². The molecule has 1 aromatic rings. The Morgan fingerprint density at radius 2 is 2.17 bits per heavy atom. The fourth-order valence-electron chi connectivity index (χ4n) is 2.31. The third kappa shape index (κ3) is 2.86. The lowest BCUT2D eigenvalue weighted by Crippen LogP contribution is -2.68. The second-order valence-electron chi connectivity index (χ2n) is 4.93. The third-order valence-corrected chi connectivity index (χ3v) is 3.68. The van der Waals surface area contributed by atoms with Gasteiger partial charge in [0.25, 0.3) is 0 Å². The van der Waals surface area contributed by atoms with Gasteiger partial charge in [0.2, 0.25) is 0 Å². The van der Waals surface area contributed by atoms with Crippen LogP contribution in [-0.2, 0) is 11.2 Å². The molecule has 1 saturated heterocycles. The Kier molecular flexibility index (Phi) is 3.93. The van der Waals surface area contributed by atoms with Crippen LogP contribution in [0.2, 0.25) is 0 Å². The van der Waals surface area contributed by atoms with E-state index in [4.69, 9.17) is 5.11 Å². The molecular weight excluding hydrogens is 230 g/mol. The van der Waals surface area contributed by atoms with E-state index in [9.17, 15) is 4.79 Å². The SMILES string of the molecule is CN(CCc1ccncc1)C1(CC(=O)O)CNC1. The molecule has 2 rings (SSSR count). The van der Waals surface area contributed by atoms with Crippen molar-refractivity contribution in [3.63, 3.8) is 0 Å². The van der Waals surface area contributed by atoms with E-state index in [-0.39, 0.29) is 12.0 Å². The summed E-state index contributed by atoms with van der Waals surface area (Å²) in [5.41, 5.74) is 1.02. The second-order valence-corrected chi connectivity index (χ2v) is 4.93. The summed E-state index contributed by atoms with van der Waals surface area (Å²) in [6, 6.07) is 3.99. The molecule has 0 amide bonds. The minimum Gasteiger partial charge on any atom is -0.481 e. The predicted molar refractivity (Wildman–Crippen MR) is 68.4 cm³/mol. The molecule has 2 N–H and O–H groups in total. The number of aromatic nitrogens is 1. The number of hydrogen-bond donors (Lipinski definition) is 2. The topological polar surface area (TPSA) is 65.5 Å². The predicted octanol–water partition coefficient (Wildman–Crippen LogP) is 0.373. The highest BCUT2D eigenvalue weighted by atomic mass is 16.4. The summed E-state index contributed by atoms with van der Waals surface area (Å²) in [6.07, 6.45) is 4.69. The van der Waals surface area contributed by atoms with Crippen molar-refractivity contribution in [1.82, 2.24) is 15.2 Å². The lowest BCUT2D eigenvalue weighted by Gasteiger charge is -2.48. The molecule has 0 saturated carbocycles. The van der Waals surface area contributed by atoms with Crippen molar-refractivity contribution in [3.05, 3.63) is 30.1 Å². The largest absolute Gasteiger partial charge is 0.481 e. The number of pyridine rings is 1. The van der Waals surface area contributed by atoms with Crippen molar-refractivity contribution in [2.24, 2.45) is 0 Å². The van der Waals surface area contributed by atoms with Crippen molar-refractivity contribution in [2.45, 2.75) is 18.4 Å². The van der Waals surface area contributed by atoms with Gasteiger partial charge in [-0.1, -0.05) is 0 Å². The molecule has 1 aliphatic heterocycles. The fraction of sp³-hybridized carbons (Fsp3) is 0.538. The molecule has 98 valence electrons. The van der Waals surface area contributed by atoms with E-state index in [1.807, 2.05) is 19.2 Å². The van der Waals surface area contributed by atoms with Gasteiger partial charge in [-0.2, -0.15) is 0 Å². The zero-order chi connectivity index (χ0) is 13.0. The lowest BCUT2D eigenvalue weighted by atomic mass is 9.86. The highest BCUT2D eigenvalue weighted by Crippen LogP contribution is 2.23. The highest BCUT2D eigenvalue weighted by Gasteiger charge is 2.42. The van der Waals surface area contributed by atoms with Gasteiger partial charge in [0, 0.05) is 32.0 Å². The minimum atomic E-state index is -0.729. The summed E-state index contributed by atoms with van der Waals surface area (Å²) in [6.45, 7) is 2.37. The fourth-order valence-corrected chi connectivity index (χ4v) is 2.31. The Labute approximate surface area is 107 Å². The van der Waals surface area contributed by atoms with Crippen LogP contribution >= 0.6 is 0 Å². The highest BCUT2D eigenvalue weighted by molar-refractivity contribution is 5.68. The Morgan fingerprint density at radius 3 is 2.67 bits per heavy atom. The third-order valence-electron chi connectivity index (χ3n) is 3.68. The van der Waals surface area contributed by atoms with Crippen LogP contribution in [0.3, 0.4) is 0 Å². The molecule has 1 aromatic heterocycles. The number of hydrogen-bond acceptors (Lipinski definition) is 4. The number of nitrogens with zero attached hydrogens (tertiary/aromatic N) is 2.